The van der Waals surface area contributed by atoms with E-state index in [-0.39, 0.29) is 5.91 Å². The first-order valence-electron chi connectivity index (χ1n) is 10.5. The number of aromatic nitrogens is 2. The van der Waals surface area contributed by atoms with Gasteiger partial charge in [0.15, 0.2) is 11.5 Å². The Labute approximate surface area is 177 Å². The lowest BCUT2D eigenvalue weighted by Crippen LogP contribution is -2.49. The first kappa shape index (κ1) is 20.3. The second-order valence-electron chi connectivity index (χ2n) is 7.61. The number of piperidine rings is 1. The van der Waals surface area contributed by atoms with Gasteiger partial charge in [0, 0.05) is 51.0 Å². The van der Waals surface area contributed by atoms with Crippen molar-refractivity contribution in [2.24, 2.45) is 0 Å². The van der Waals surface area contributed by atoms with Crippen molar-refractivity contribution >= 4 is 17.7 Å². The van der Waals surface area contributed by atoms with Crippen molar-refractivity contribution in [3.8, 4) is 11.5 Å². The van der Waals surface area contributed by atoms with Gasteiger partial charge in [-0.15, -0.1) is 0 Å². The molecular weight excluding hydrogens is 382 g/mol. The summed E-state index contributed by atoms with van der Waals surface area (Å²) in [6, 6.07) is 7.25. The maximum Gasteiger partial charge on any atom is 0.254 e. The van der Waals surface area contributed by atoms with Gasteiger partial charge in [0.2, 0.25) is 5.95 Å². The SMILES string of the molecule is COc1ccc(C(=O)N2CCN(c3ccnc(N4CCCCC4)n3)CC2)cc1OC. The summed E-state index contributed by atoms with van der Waals surface area (Å²) in [5.74, 6) is 2.94. The summed E-state index contributed by atoms with van der Waals surface area (Å²) < 4.78 is 10.6. The van der Waals surface area contributed by atoms with Crippen molar-refractivity contribution in [2.45, 2.75) is 19.3 Å². The first-order valence-corrected chi connectivity index (χ1v) is 10.5. The third kappa shape index (κ3) is 4.27. The van der Waals surface area contributed by atoms with Crippen LogP contribution in [0, 0.1) is 0 Å². The van der Waals surface area contributed by atoms with E-state index in [4.69, 9.17) is 14.5 Å². The molecule has 0 atom stereocenters. The fraction of sp³-hybridized carbons (Fsp3) is 0.500. The van der Waals surface area contributed by atoms with E-state index in [1.54, 1.807) is 32.4 Å². The van der Waals surface area contributed by atoms with Gasteiger partial charge in [-0.05, 0) is 43.5 Å². The number of benzene rings is 1. The molecule has 8 heteroatoms. The van der Waals surface area contributed by atoms with Crippen LogP contribution in [-0.4, -0.2) is 74.3 Å². The average molecular weight is 412 g/mol. The minimum Gasteiger partial charge on any atom is -0.493 e. The third-order valence-corrected chi connectivity index (χ3v) is 5.79. The third-order valence-electron chi connectivity index (χ3n) is 5.79. The molecule has 4 rings (SSSR count). The summed E-state index contributed by atoms with van der Waals surface area (Å²) in [6.07, 6.45) is 5.52. The van der Waals surface area contributed by atoms with Crippen LogP contribution in [0.15, 0.2) is 30.5 Å². The number of amides is 1. The lowest BCUT2D eigenvalue weighted by Gasteiger charge is -2.36. The van der Waals surface area contributed by atoms with Crippen LogP contribution in [0.1, 0.15) is 29.6 Å². The fourth-order valence-electron chi connectivity index (χ4n) is 4.05. The number of carbonyl (C=O) groups is 1. The van der Waals surface area contributed by atoms with E-state index in [0.29, 0.717) is 30.2 Å². The topological polar surface area (TPSA) is 71.0 Å². The zero-order chi connectivity index (χ0) is 20.9. The molecule has 2 aromatic rings. The summed E-state index contributed by atoms with van der Waals surface area (Å²) in [6.45, 7) is 4.84. The van der Waals surface area contributed by atoms with E-state index in [2.05, 4.69) is 14.8 Å². The van der Waals surface area contributed by atoms with E-state index < -0.39 is 0 Å². The number of methoxy groups -OCH3 is 2. The van der Waals surface area contributed by atoms with E-state index in [1.165, 1.54) is 19.3 Å². The molecule has 3 heterocycles. The van der Waals surface area contributed by atoms with Gasteiger partial charge in [0.1, 0.15) is 5.82 Å². The molecule has 0 radical (unpaired) electrons. The Morgan fingerprint density at radius 3 is 2.30 bits per heavy atom. The second-order valence-corrected chi connectivity index (χ2v) is 7.61. The molecule has 0 saturated carbocycles. The Kier molecular flexibility index (Phi) is 6.21. The molecule has 1 aromatic carbocycles. The molecule has 30 heavy (non-hydrogen) atoms. The zero-order valence-electron chi connectivity index (χ0n) is 17.7. The molecular formula is C22H29N5O3. The van der Waals surface area contributed by atoms with Gasteiger partial charge in [0.25, 0.3) is 5.91 Å². The second kappa shape index (κ2) is 9.19. The van der Waals surface area contributed by atoms with E-state index >= 15 is 0 Å². The standard InChI is InChI=1S/C22H29N5O3/c1-29-18-7-6-17(16-19(18)30-2)21(28)26-14-12-25(13-15-26)20-8-9-23-22(24-20)27-10-4-3-5-11-27/h6-9,16H,3-5,10-15H2,1-2H3. The Hall–Kier alpha value is -3.03. The van der Waals surface area contributed by atoms with E-state index in [0.717, 1.165) is 37.9 Å². The first-order chi connectivity index (χ1) is 14.7. The Bertz CT molecular complexity index is 877. The number of anilines is 2. The molecule has 2 saturated heterocycles. The predicted octanol–water partition coefficient (Wildman–Crippen LogP) is 2.45. The summed E-state index contributed by atoms with van der Waals surface area (Å²) in [5.41, 5.74) is 0.607. The van der Waals surface area contributed by atoms with Crippen LogP contribution < -0.4 is 19.3 Å². The molecule has 2 aliphatic rings. The van der Waals surface area contributed by atoms with Gasteiger partial charge in [-0.3, -0.25) is 4.79 Å². The number of ether oxygens (including phenoxy) is 2. The van der Waals surface area contributed by atoms with Gasteiger partial charge in [-0.2, -0.15) is 4.98 Å². The van der Waals surface area contributed by atoms with Crippen molar-refractivity contribution in [1.82, 2.24) is 14.9 Å². The number of nitrogens with zero attached hydrogens (tertiary/aromatic N) is 5. The smallest absolute Gasteiger partial charge is 0.254 e. The number of rotatable bonds is 5. The highest BCUT2D eigenvalue weighted by molar-refractivity contribution is 5.95. The van der Waals surface area contributed by atoms with E-state index in [9.17, 15) is 4.79 Å². The van der Waals surface area contributed by atoms with Crippen LogP contribution in [0.4, 0.5) is 11.8 Å². The van der Waals surface area contributed by atoms with Crippen molar-refractivity contribution in [2.75, 3.05) is 63.3 Å². The molecule has 0 N–H and O–H groups in total. The molecule has 8 nitrogen and oxygen atoms in total. The molecule has 0 bridgehead atoms. The van der Waals surface area contributed by atoms with Crippen LogP contribution in [-0.2, 0) is 0 Å². The number of hydrogen-bond donors (Lipinski definition) is 0. The van der Waals surface area contributed by atoms with Crippen molar-refractivity contribution in [3.63, 3.8) is 0 Å². The van der Waals surface area contributed by atoms with Crippen molar-refractivity contribution in [1.29, 1.82) is 0 Å². The largest absolute Gasteiger partial charge is 0.493 e. The van der Waals surface area contributed by atoms with Crippen LogP contribution >= 0.6 is 0 Å². The predicted molar refractivity (Wildman–Crippen MR) is 116 cm³/mol. The zero-order valence-corrected chi connectivity index (χ0v) is 17.7. The quantitative estimate of drug-likeness (QED) is 0.748. The summed E-state index contributed by atoms with van der Waals surface area (Å²) >= 11 is 0. The van der Waals surface area contributed by atoms with Crippen LogP contribution in [0.3, 0.4) is 0 Å². The number of hydrogen-bond acceptors (Lipinski definition) is 7. The molecule has 2 fully saturated rings. The Morgan fingerprint density at radius 1 is 0.867 bits per heavy atom. The van der Waals surface area contributed by atoms with Crippen LogP contribution in [0.25, 0.3) is 0 Å². The monoisotopic (exact) mass is 411 g/mol. The lowest BCUT2D eigenvalue weighted by atomic mass is 10.1. The van der Waals surface area contributed by atoms with Crippen molar-refractivity contribution in [3.05, 3.63) is 36.0 Å². The maximum absolute atomic E-state index is 13.0. The maximum atomic E-state index is 13.0. The van der Waals surface area contributed by atoms with Gasteiger partial charge < -0.3 is 24.2 Å². The molecule has 0 unspecified atom stereocenters. The molecule has 160 valence electrons. The number of piperazine rings is 1. The highest BCUT2D eigenvalue weighted by atomic mass is 16.5. The average Bonchev–Trinajstić information content (AvgIpc) is 2.84. The molecule has 1 amide bonds. The van der Waals surface area contributed by atoms with Gasteiger partial charge in [-0.25, -0.2) is 4.98 Å². The van der Waals surface area contributed by atoms with Gasteiger partial charge in [-0.1, -0.05) is 0 Å². The fourth-order valence-corrected chi connectivity index (χ4v) is 4.05. The van der Waals surface area contributed by atoms with Crippen molar-refractivity contribution < 1.29 is 14.3 Å². The van der Waals surface area contributed by atoms with Crippen LogP contribution in [0.5, 0.6) is 11.5 Å². The highest BCUT2D eigenvalue weighted by Gasteiger charge is 2.24. The summed E-state index contributed by atoms with van der Waals surface area (Å²) in [4.78, 5) is 28.6. The number of carbonyl (C=O) groups excluding carboxylic acids is 1. The minimum atomic E-state index is 0.00676. The lowest BCUT2D eigenvalue weighted by molar-refractivity contribution is 0.0746. The van der Waals surface area contributed by atoms with E-state index in [1.807, 2.05) is 17.2 Å². The van der Waals surface area contributed by atoms with Gasteiger partial charge >= 0.3 is 0 Å². The molecule has 0 aliphatic carbocycles. The normalized spacial score (nSPS) is 17.1. The Morgan fingerprint density at radius 2 is 1.60 bits per heavy atom. The highest BCUT2D eigenvalue weighted by Crippen LogP contribution is 2.28. The van der Waals surface area contributed by atoms with Gasteiger partial charge in [0.05, 0.1) is 14.2 Å². The van der Waals surface area contributed by atoms with Crippen LogP contribution in [0.2, 0.25) is 0 Å². The molecule has 0 spiro atoms. The Balaban J connectivity index is 1.40. The molecule has 2 aliphatic heterocycles. The minimum absolute atomic E-state index is 0.00676. The summed E-state index contributed by atoms with van der Waals surface area (Å²) in [5, 5.41) is 0. The molecule has 1 aromatic heterocycles. The summed E-state index contributed by atoms with van der Waals surface area (Å²) in [7, 11) is 3.16.